The average Bonchev–Trinajstić information content (AvgIpc) is 2.91. The maximum absolute atomic E-state index is 12.3. The summed E-state index contributed by atoms with van der Waals surface area (Å²) < 4.78 is 1.58. The van der Waals surface area contributed by atoms with Crippen molar-refractivity contribution in [2.75, 3.05) is 0 Å². The Bertz CT molecular complexity index is 1080. The van der Waals surface area contributed by atoms with Crippen LogP contribution in [-0.4, -0.2) is 19.5 Å². The van der Waals surface area contributed by atoms with Crippen LogP contribution < -0.4 is 5.56 Å². The van der Waals surface area contributed by atoms with Crippen molar-refractivity contribution in [2.24, 2.45) is 0 Å². The molecule has 5 heteroatoms. The number of hydrogen-bond acceptors (Lipinski definition) is 3. The molecule has 4 aromatic rings. The van der Waals surface area contributed by atoms with Crippen LogP contribution in [0.5, 0.6) is 5.88 Å². The highest BCUT2D eigenvalue weighted by atomic mass is 16.3. The van der Waals surface area contributed by atoms with Crippen molar-refractivity contribution in [3.05, 3.63) is 75.6 Å². The summed E-state index contributed by atoms with van der Waals surface area (Å²) in [6, 6.07) is 15.4. The van der Waals surface area contributed by atoms with Gasteiger partial charge in [-0.1, -0.05) is 42.0 Å². The van der Waals surface area contributed by atoms with Crippen molar-refractivity contribution in [1.82, 2.24) is 14.4 Å². The van der Waals surface area contributed by atoms with Gasteiger partial charge in [0, 0.05) is 6.42 Å². The first-order valence-corrected chi connectivity index (χ1v) is 7.40. The number of aromatic nitrogens is 3. The third-order valence-electron chi connectivity index (χ3n) is 4.04. The van der Waals surface area contributed by atoms with Crippen molar-refractivity contribution >= 4 is 16.8 Å². The number of aromatic hydroxyl groups is 1. The van der Waals surface area contributed by atoms with E-state index in [1.54, 1.807) is 4.40 Å². The van der Waals surface area contributed by atoms with E-state index < -0.39 is 0 Å². The molecule has 23 heavy (non-hydrogen) atoms. The maximum atomic E-state index is 12.3. The van der Waals surface area contributed by atoms with Gasteiger partial charge in [-0.2, -0.15) is 0 Å². The summed E-state index contributed by atoms with van der Waals surface area (Å²) in [5.74, 6) is 0.291. The summed E-state index contributed by atoms with van der Waals surface area (Å²) in [6.07, 6.45) is 0.365. The number of benzene rings is 2. The van der Waals surface area contributed by atoms with E-state index in [9.17, 15) is 9.90 Å². The van der Waals surface area contributed by atoms with Crippen LogP contribution in [0.4, 0.5) is 0 Å². The molecule has 0 unspecified atom stereocenters. The van der Waals surface area contributed by atoms with E-state index >= 15 is 0 Å². The molecule has 4 rings (SSSR count). The molecule has 5 nitrogen and oxygen atoms in total. The molecule has 2 N–H and O–H groups in total. The Balaban J connectivity index is 1.94. The Morgan fingerprint density at radius 2 is 1.87 bits per heavy atom. The molecule has 114 valence electrons. The molecule has 2 heterocycles. The summed E-state index contributed by atoms with van der Waals surface area (Å²) in [4.78, 5) is 19.4. The fourth-order valence-electron chi connectivity index (χ4n) is 2.81. The van der Waals surface area contributed by atoms with Gasteiger partial charge in [0.15, 0.2) is 0 Å². The average molecular weight is 305 g/mol. The molecule has 0 bridgehead atoms. The Hall–Kier alpha value is -3.08. The van der Waals surface area contributed by atoms with Crippen molar-refractivity contribution in [1.29, 1.82) is 0 Å². The number of para-hydroxylation sites is 2. The van der Waals surface area contributed by atoms with Gasteiger partial charge in [-0.25, -0.2) is 9.38 Å². The lowest BCUT2D eigenvalue weighted by molar-refractivity contribution is 0.439. The molecule has 0 spiro atoms. The predicted octanol–water partition coefficient (Wildman–Crippen LogP) is 2.78. The van der Waals surface area contributed by atoms with Crippen LogP contribution in [-0.2, 0) is 6.42 Å². The van der Waals surface area contributed by atoms with E-state index in [1.165, 1.54) is 0 Å². The van der Waals surface area contributed by atoms with Gasteiger partial charge in [-0.05, 0) is 24.6 Å². The van der Waals surface area contributed by atoms with Gasteiger partial charge in [0.05, 0.1) is 16.6 Å². The third-order valence-corrected chi connectivity index (χ3v) is 4.04. The number of rotatable bonds is 2. The largest absolute Gasteiger partial charge is 0.494 e. The SMILES string of the molecule is Cc1ccc(Cc2c(O)n3c(nc4ccccc43)[nH]c2=O)cc1. The lowest BCUT2D eigenvalue weighted by Crippen LogP contribution is -2.16. The van der Waals surface area contributed by atoms with Gasteiger partial charge in [0.2, 0.25) is 11.7 Å². The fraction of sp³-hybridized carbons (Fsp3) is 0.111. The molecule has 0 aliphatic heterocycles. The number of aromatic amines is 1. The smallest absolute Gasteiger partial charge is 0.259 e. The number of aryl methyl sites for hydroxylation is 1. The second-order valence-corrected chi connectivity index (χ2v) is 5.68. The molecule has 0 saturated heterocycles. The Morgan fingerprint density at radius 1 is 1.13 bits per heavy atom. The topological polar surface area (TPSA) is 70.4 Å². The quantitative estimate of drug-likeness (QED) is 0.598. The number of imidazole rings is 1. The zero-order valence-corrected chi connectivity index (χ0v) is 12.6. The minimum absolute atomic E-state index is 0.0574. The molecule has 0 atom stereocenters. The van der Waals surface area contributed by atoms with Crippen LogP contribution in [0, 0.1) is 6.92 Å². The van der Waals surface area contributed by atoms with E-state index in [1.807, 2.05) is 55.5 Å². The molecule has 2 aromatic heterocycles. The Kier molecular flexibility index (Phi) is 2.94. The van der Waals surface area contributed by atoms with Crippen molar-refractivity contribution < 1.29 is 5.11 Å². The monoisotopic (exact) mass is 305 g/mol. The summed E-state index contributed by atoms with van der Waals surface area (Å²) in [7, 11) is 0. The van der Waals surface area contributed by atoms with Crippen LogP contribution in [0.3, 0.4) is 0 Å². The highest BCUT2D eigenvalue weighted by Crippen LogP contribution is 2.23. The highest BCUT2D eigenvalue weighted by molar-refractivity contribution is 5.80. The number of nitrogens with zero attached hydrogens (tertiary/aromatic N) is 2. The highest BCUT2D eigenvalue weighted by Gasteiger charge is 2.16. The van der Waals surface area contributed by atoms with Crippen LogP contribution in [0.1, 0.15) is 16.7 Å². The summed E-state index contributed by atoms with van der Waals surface area (Å²) in [5, 5.41) is 10.6. The molecule has 0 radical (unpaired) electrons. The van der Waals surface area contributed by atoms with Crippen molar-refractivity contribution in [2.45, 2.75) is 13.3 Å². The van der Waals surface area contributed by atoms with E-state index in [-0.39, 0.29) is 11.4 Å². The predicted molar refractivity (Wildman–Crippen MR) is 89.0 cm³/mol. The van der Waals surface area contributed by atoms with Crippen molar-refractivity contribution in [3.63, 3.8) is 0 Å². The standard InChI is InChI=1S/C18H15N3O2/c1-11-6-8-12(9-7-11)10-13-16(22)20-18-19-14-4-2-3-5-15(14)21(18)17(13)23/h2-9,23H,10H2,1H3,(H,19,20,22). The first-order valence-electron chi connectivity index (χ1n) is 7.40. The molecule has 0 aliphatic carbocycles. The molecular formula is C18H15N3O2. The minimum Gasteiger partial charge on any atom is -0.494 e. The zero-order valence-electron chi connectivity index (χ0n) is 12.6. The van der Waals surface area contributed by atoms with Gasteiger partial charge in [-0.15, -0.1) is 0 Å². The maximum Gasteiger partial charge on any atom is 0.259 e. The van der Waals surface area contributed by atoms with Gasteiger partial charge in [-0.3, -0.25) is 9.78 Å². The molecule has 0 amide bonds. The summed E-state index contributed by atoms with van der Waals surface area (Å²) in [6.45, 7) is 2.01. The van der Waals surface area contributed by atoms with Gasteiger partial charge in [0.1, 0.15) is 0 Å². The number of hydrogen-bond donors (Lipinski definition) is 2. The number of fused-ring (bicyclic) bond motifs is 3. The lowest BCUT2D eigenvalue weighted by Gasteiger charge is -2.07. The van der Waals surface area contributed by atoms with Gasteiger partial charge < -0.3 is 5.11 Å². The third kappa shape index (κ3) is 2.17. The molecular weight excluding hydrogens is 290 g/mol. The zero-order chi connectivity index (χ0) is 16.0. The summed E-state index contributed by atoms with van der Waals surface area (Å²) in [5.41, 5.74) is 3.64. The Labute approximate surface area is 131 Å². The van der Waals surface area contributed by atoms with E-state index in [4.69, 9.17) is 0 Å². The normalized spacial score (nSPS) is 11.3. The van der Waals surface area contributed by atoms with E-state index in [2.05, 4.69) is 9.97 Å². The van der Waals surface area contributed by atoms with E-state index in [0.717, 1.165) is 22.2 Å². The number of H-pyrrole nitrogens is 1. The van der Waals surface area contributed by atoms with Crippen LogP contribution in [0.2, 0.25) is 0 Å². The molecule has 0 saturated carbocycles. The minimum atomic E-state index is -0.314. The fourth-order valence-corrected chi connectivity index (χ4v) is 2.81. The van der Waals surface area contributed by atoms with Crippen LogP contribution >= 0.6 is 0 Å². The second kappa shape index (κ2) is 4.98. The molecule has 0 aliphatic rings. The first-order chi connectivity index (χ1) is 11.1. The first kappa shape index (κ1) is 13.6. The number of nitrogens with one attached hydrogen (secondary N) is 1. The van der Waals surface area contributed by atoms with Crippen LogP contribution in [0.15, 0.2) is 53.3 Å². The van der Waals surface area contributed by atoms with Gasteiger partial charge >= 0.3 is 0 Å². The van der Waals surface area contributed by atoms with Crippen molar-refractivity contribution in [3.8, 4) is 5.88 Å². The lowest BCUT2D eigenvalue weighted by atomic mass is 10.1. The van der Waals surface area contributed by atoms with Gasteiger partial charge in [0.25, 0.3) is 5.56 Å². The van der Waals surface area contributed by atoms with E-state index in [0.29, 0.717) is 17.8 Å². The molecule has 2 aromatic carbocycles. The second-order valence-electron chi connectivity index (χ2n) is 5.68. The summed E-state index contributed by atoms with van der Waals surface area (Å²) >= 11 is 0. The molecule has 0 fully saturated rings. The Morgan fingerprint density at radius 3 is 2.65 bits per heavy atom. The van der Waals surface area contributed by atoms with Crippen LogP contribution in [0.25, 0.3) is 16.8 Å².